The van der Waals surface area contributed by atoms with E-state index in [0.717, 1.165) is 23.1 Å². The fourth-order valence-corrected chi connectivity index (χ4v) is 2.30. The van der Waals surface area contributed by atoms with Crippen molar-refractivity contribution in [3.8, 4) is 0 Å². The molecule has 0 saturated heterocycles. The van der Waals surface area contributed by atoms with Gasteiger partial charge in [0, 0.05) is 0 Å². The van der Waals surface area contributed by atoms with Crippen LogP contribution in [-0.2, 0) is 4.74 Å². The first kappa shape index (κ1) is 17.2. The van der Waals surface area contributed by atoms with Crippen molar-refractivity contribution in [1.82, 2.24) is 15.3 Å². The average molecular weight is 315 g/mol. The van der Waals surface area contributed by atoms with E-state index < -0.39 is 11.7 Å². The van der Waals surface area contributed by atoms with Crippen LogP contribution < -0.4 is 5.32 Å². The lowest BCUT2D eigenvalue weighted by Crippen LogP contribution is -2.37. The average Bonchev–Trinajstić information content (AvgIpc) is 2.49. The minimum absolute atomic E-state index is 0.220. The Morgan fingerprint density at radius 1 is 1.26 bits per heavy atom. The number of hydrogen-bond donors (Lipinski definition) is 1. The van der Waals surface area contributed by atoms with Crippen LogP contribution in [0.25, 0.3) is 11.0 Å². The van der Waals surface area contributed by atoms with Crippen LogP contribution in [0.5, 0.6) is 0 Å². The molecule has 0 radical (unpaired) electrons. The number of carbonyl (C=O) groups excluding carboxylic acids is 1. The molecule has 0 unspecified atom stereocenters. The van der Waals surface area contributed by atoms with Crippen LogP contribution in [0.3, 0.4) is 0 Å². The van der Waals surface area contributed by atoms with Crippen molar-refractivity contribution >= 4 is 17.1 Å². The summed E-state index contributed by atoms with van der Waals surface area (Å²) in [6.45, 7) is 9.71. The molecule has 1 heterocycles. The van der Waals surface area contributed by atoms with Crippen LogP contribution >= 0.6 is 0 Å². The van der Waals surface area contributed by atoms with Gasteiger partial charge in [-0.05, 0) is 38.8 Å². The summed E-state index contributed by atoms with van der Waals surface area (Å²) in [4.78, 5) is 21.3. The van der Waals surface area contributed by atoms with Gasteiger partial charge in [-0.2, -0.15) is 0 Å². The maximum atomic E-state index is 12.1. The molecule has 2 atom stereocenters. The van der Waals surface area contributed by atoms with Crippen molar-refractivity contribution in [2.24, 2.45) is 5.92 Å². The summed E-state index contributed by atoms with van der Waals surface area (Å²) >= 11 is 0. The van der Waals surface area contributed by atoms with Gasteiger partial charge in [0.05, 0.1) is 29.0 Å². The van der Waals surface area contributed by atoms with E-state index in [1.807, 2.05) is 45.0 Å². The van der Waals surface area contributed by atoms with E-state index in [2.05, 4.69) is 29.1 Å². The number of nitrogens with zero attached hydrogens (tertiary/aromatic N) is 2. The van der Waals surface area contributed by atoms with Gasteiger partial charge in [-0.15, -0.1) is 0 Å². The third kappa shape index (κ3) is 4.65. The number of hydrogen-bond acceptors (Lipinski definition) is 4. The number of carbonyl (C=O) groups is 1. The topological polar surface area (TPSA) is 64.1 Å². The Labute approximate surface area is 137 Å². The molecule has 5 heteroatoms. The molecule has 23 heavy (non-hydrogen) atoms. The second-order valence-electron chi connectivity index (χ2n) is 6.79. The molecule has 0 fully saturated rings. The SMILES string of the molecule is CC[C@H](C)[C@H](NC(=O)OC(C)(C)C)c1cnc2ccccc2n1. The molecule has 0 aliphatic rings. The van der Waals surface area contributed by atoms with Gasteiger partial charge in [0.15, 0.2) is 0 Å². The second-order valence-corrected chi connectivity index (χ2v) is 6.79. The molecule has 2 aromatic rings. The summed E-state index contributed by atoms with van der Waals surface area (Å²) in [6, 6.07) is 7.48. The van der Waals surface area contributed by atoms with E-state index in [1.165, 1.54) is 0 Å². The van der Waals surface area contributed by atoms with E-state index in [4.69, 9.17) is 4.74 Å². The zero-order valence-corrected chi connectivity index (χ0v) is 14.5. The monoisotopic (exact) mass is 315 g/mol. The predicted octanol–water partition coefficient (Wildman–Crippen LogP) is 4.24. The Morgan fingerprint density at radius 3 is 2.52 bits per heavy atom. The number of alkyl carbamates (subject to hydrolysis) is 1. The lowest BCUT2D eigenvalue weighted by atomic mass is 9.96. The van der Waals surface area contributed by atoms with E-state index in [-0.39, 0.29) is 12.0 Å². The summed E-state index contributed by atoms with van der Waals surface area (Å²) in [6.07, 6.45) is 2.21. The minimum Gasteiger partial charge on any atom is -0.444 e. The van der Waals surface area contributed by atoms with Gasteiger partial charge >= 0.3 is 6.09 Å². The van der Waals surface area contributed by atoms with E-state index in [0.29, 0.717) is 0 Å². The largest absolute Gasteiger partial charge is 0.444 e. The molecular weight excluding hydrogens is 290 g/mol. The number of nitrogens with one attached hydrogen (secondary N) is 1. The quantitative estimate of drug-likeness (QED) is 0.916. The molecule has 0 bridgehead atoms. The highest BCUT2D eigenvalue weighted by Gasteiger charge is 2.25. The van der Waals surface area contributed by atoms with Crippen molar-refractivity contribution in [3.63, 3.8) is 0 Å². The summed E-state index contributed by atoms with van der Waals surface area (Å²) in [5.41, 5.74) is 1.89. The normalized spacial score (nSPS) is 14.3. The van der Waals surface area contributed by atoms with Crippen LogP contribution in [0.1, 0.15) is 52.8 Å². The lowest BCUT2D eigenvalue weighted by molar-refractivity contribution is 0.0485. The van der Waals surface area contributed by atoms with Crippen molar-refractivity contribution in [2.75, 3.05) is 0 Å². The molecule has 5 nitrogen and oxygen atoms in total. The Balaban J connectivity index is 2.28. The molecular formula is C18H25N3O2. The van der Waals surface area contributed by atoms with E-state index in [9.17, 15) is 4.79 Å². The number of rotatable bonds is 4. The fourth-order valence-electron chi connectivity index (χ4n) is 2.30. The van der Waals surface area contributed by atoms with E-state index >= 15 is 0 Å². The Hall–Kier alpha value is -2.17. The first-order valence-corrected chi connectivity index (χ1v) is 8.01. The predicted molar refractivity (Wildman–Crippen MR) is 91.1 cm³/mol. The third-order valence-corrected chi connectivity index (χ3v) is 3.67. The standard InChI is InChI=1S/C18H25N3O2/c1-6-12(2)16(21-17(22)23-18(3,4)5)15-11-19-13-9-7-8-10-14(13)20-15/h7-12,16H,6H2,1-5H3,(H,21,22)/t12-,16-/m0/s1. The highest BCUT2D eigenvalue weighted by atomic mass is 16.6. The summed E-state index contributed by atoms with van der Waals surface area (Å²) in [7, 11) is 0. The minimum atomic E-state index is -0.529. The van der Waals surface area contributed by atoms with Crippen molar-refractivity contribution in [3.05, 3.63) is 36.2 Å². The molecule has 2 rings (SSSR count). The van der Waals surface area contributed by atoms with Crippen LogP contribution in [0.4, 0.5) is 4.79 Å². The van der Waals surface area contributed by atoms with Gasteiger partial charge in [-0.25, -0.2) is 9.78 Å². The number of para-hydroxylation sites is 2. The molecule has 1 aromatic heterocycles. The number of ether oxygens (including phenoxy) is 1. The third-order valence-electron chi connectivity index (χ3n) is 3.67. The Morgan fingerprint density at radius 2 is 1.91 bits per heavy atom. The number of amides is 1. The van der Waals surface area contributed by atoms with Crippen LogP contribution in [0.15, 0.2) is 30.5 Å². The highest BCUT2D eigenvalue weighted by molar-refractivity contribution is 5.74. The maximum absolute atomic E-state index is 12.1. The highest BCUT2D eigenvalue weighted by Crippen LogP contribution is 2.24. The molecule has 0 aliphatic heterocycles. The first-order valence-electron chi connectivity index (χ1n) is 8.01. The number of fused-ring (bicyclic) bond motifs is 1. The van der Waals surface area contributed by atoms with Crippen LogP contribution in [0, 0.1) is 5.92 Å². The smallest absolute Gasteiger partial charge is 0.408 e. The van der Waals surface area contributed by atoms with Gasteiger partial charge in [0.1, 0.15) is 5.60 Å². The van der Waals surface area contributed by atoms with Crippen molar-refractivity contribution in [1.29, 1.82) is 0 Å². The molecule has 0 spiro atoms. The van der Waals surface area contributed by atoms with Gasteiger partial charge < -0.3 is 10.1 Å². The van der Waals surface area contributed by atoms with Crippen LogP contribution in [-0.4, -0.2) is 21.7 Å². The molecule has 1 amide bonds. The Kier molecular flexibility index (Phi) is 5.19. The Bertz CT molecular complexity index is 679. The van der Waals surface area contributed by atoms with Gasteiger partial charge in [0.2, 0.25) is 0 Å². The van der Waals surface area contributed by atoms with Crippen molar-refractivity contribution in [2.45, 2.75) is 52.7 Å². The van der Waals surface area contributed by atoms with Gasteiger partial charge in [0.25, 0.3) is 0 Å². The number of benzene rings is 1. The molecule has 1 aromatic carbocycles. The molecule has 0 saturated carbocycles. The summed E-state index contributed by atoms with van der Waals surface area (Å²) < 4.78 is 5.37. The van der Waals surface area contributed by atoms with Gasteiger partial charge in [-0.3, -0.25) is 4.98 Å². The zero-order valence-electron chi connectivity index (χ0n) is 14.5. The van der Waals surface area contributed by atoms with Crippen LogP contribution in [0.2, 0.25) is 0 Å². The first-order chi connectivity index (χ1) is 10.8. The molecule has 1 N–H and O–H groups in total. The second kappa shape index (κ2) is 6.94. The molecule has 0 aliphatic carbocycles. The van der Waals surface area contributed by atoms with E-state index in [1.54, 1.807) is 6.20 Å². The summed E-state index contributed by atoms with van der Waals surface area (Å²) in [5, 5.41) is 2.94. The molecule has 124 valence electrons. The zero-order chi connectivity index (χ0) is 17.0. The number of aromatic nitrogens is 2. The lowest BCUT2D eigenvalue weighted by Gasteiger charge is -2.26. The van der Waals surface area contributed by atoms with Crippen molar-refractivity contribution < 1.29 is 9.53 Å². The maximum Gasteiger partial charge on any atom is 0.408 e. The fraction of sp³-hybridized carbons (Fsp3) is 0.500. The summed E-state index contributed by atoms with van der Waals surface area (Å²) in [5.74, 6) is 0.220. The van der Waals surface area contributed by atoms with Gasteiger partial charge in [-0.1, -0.05) is 32.4 Å².